The summed E-state index contributed by atoms with van der Waals surface area (Å²) in [5.41, 5.74) is 0. The Bertz CT molecular complexity index is 76.6. The predicted molar refractivity (Wildman–Crippen MR) is 22.3 cm³/mol. The number of hydrogen-bond donors (Lipinski definition) is 2. The van der Waals surface area contributed by atoms with Crippen LogP contribution in [-0.4, -0.2) is 4.98 Å². The van der Waals surface area contributed by atoms with Gasteiger partial charge < -0.3 is 4.98 Å². The molecule has 0 aliphatic rings. The average molecular weight is 140 g/mol. The summed E-state index contributed by atoms with van der Waals surface area (Å²) in [5.74, 6) is 0. The molecule has 0 unspecified atom stereocenters. The van der Waals surface area contributed by atoms with Crippen molar-refractivity contribution >= 4 is 0 Å². The summed E-state index contributed by atoms with van der Waals surface area (Å²) in [7, 11) is 0. The Labute approximate surface area is 49.9 Å². The molecule has 0 aliphatic carbocycles. The summed E-state index contributed by atoms with van der Waals surface area (Å²) in [6, 6.07) is 3.71. The Hall–Kier alpha value is -0.426. The molecule has 0 saturated heterocycles. The molecule has 3 heteroatoms. The van der Waals surface area contributed by atoms with E-state index in [0.717, 1.165) is 0 Å². The third-order valence-corrected chi connectivity index (χ3v) is 0.442. The van der Waals surface area contributed by atoms with Gasteiger partial charge in [-0.15, -0.1) is 6.20 Å². The van der Waals surface area contributed by atoms with Crippen LogP contribution in [0, 0.1) is 10.6 Å². The zero-order valence-corrected chi connectivity index (χ0v) is 4.54. The molecule has 0 aliphatic heterocycles. The molecular formula is C4H5N2Ni-. The molecule has 1 rings (SSSR count). The van der Waals surface area contributed by atoms with Crippen LogP contribution in [0.3, 0.4) is 0 Å². The van der Waals surface area contributed by atoms with E-state index in [1.807, 2.05) is 18.3 Å². The quantitative estimate of drug-likeness (QED) is 0.400. The first kappa shape index (κ1) is 6.57. The summed E-state index contributed by atoms with van der Waals surface area (Å²) in [6.45, 7) is 0. The number of nitrogens with one attached hydrogen (secondary N) is 2. The fourth-order valence-corrected chi connectivity index (χ4v) is 0.241. The van der Waals surface area contributed by atoms with Crippen LogP contribution in [0.25, 0.3) is 0 Å². The maximum absolute atomic E-state index is 5.38. The van der Waals surface area contributed by atoms with Crippen LogP contribution in [0.15, 0.2) is 18.3 Å². The largest absolute Gasteiger partial charge is 0.484 e. The van der Waals surface area contributed by atoms with Crippen molar-refractivity contribution in [2.24, 2.45) is 0 Å². The third kappa shape index (κ3) is 3.40. The van der Waals surface area contributed by atoms with E-state index in [4.69, 9.17) is 4.45 Å². The molecule has 2 N–H and O–H groups in total. The van der Waals surface area contributed by atoms with Gasteiger partial charge in [0.15, 0.2) is 0 Å². The van der Waals surface area contributed by atoms with Crippen molar-refractivity contribution in [1.29, 1.82) is 4.45 Å². The van der Waals surface area contributed by atoms with Crippen molar-refractivity contribution in [2.45, 2.75) is 0 Å². The molecule has 2 nitrogen and oxygen atoms in total. The van der Waals surface area contributed by atoms with Crippen LogP contribution in [0.4, 0.5) is 0 Å². The van der Waals surface area contributed by atoms with E-state index in [-0.39, 0.29) is 0 Å². The van der Waals surface area contributed by atoms with Crippen LogP contribution in [0.2, 0.25) is 0 Å². The number of aromatic nitrogens is 1. The Balaban J connectivity index is 0.000000162. The molecule has 1 aromatic rings. The van der Waals surface area contributed by atoms with E-state index in [9.17, 15) is 0 Å². The average Bonchev–Trinajstić information content (AvgIpc) is 2.23. The molecule has 1 aromatic heterocycles. The Morgan fingerprint density at radius 3 is 2.43 bits per heavy atom. The van der Waals surface area contributed by atoms with Gasteiger partial charge in [0.25, 0.3) is 0 Å². The second-order valence-corrected chi connectivity index (χ2v) is 0.814. The zero-order chi connectivity index (χ0) is 5.54. The fourth-order valence-electron chi connectivity index (χ4n) is 0.241. The molecule has 0 fully saturated rings. The minimum Gasteiger partial charge on any atom is -0.484 e. The van der Waals surface area contributed by atoms with E-state index in [2.05, 4.69) is 26.4 Å². The van der Waals surface area contributed by atoms with Crippen LogP contribution < -0.4 is 0 Å². The minimum absolute atomic E-state index is 1.82. The summed E-state index contributed by atoms with van der Waals surface area (Å²) in [6.07, 6.45) is 4.56. The standard InChI is InChI=1S/C4H4N.HN.Ni/c1-2-4-5-3-1;;/h1-3,5H;1H;/q-1;;. The SMILES string of the molecule is [NH]=[Ni].[c-]1ccc[nH]1. The van der Waals surface area contributed by atoms with Gasteiger partial charge in [0.2, 0.25) is 0 Å². The Morgan fingerprint density at radius 2 is 2.29 bits per heavy atom. The topological polar surface area (TPSA) is 39.6 Å². The number of hydrogen-bond acceptors (Lipinski definition) is 1. The number of H-pyrrole nitrogens is 1. The molecule has 0 amide bonds. The maximum atomic E-state index is 5.38. The molecule has 0 atom stereocenters. The molecule has 0 radical (unpaired) electrons. The number of aromatic amines is 1. The molecule has 0 bridgehead atoms. The molecule has 0 saturated carbocycles. The van der Waals surface area contributed by atoms with Gasteiger partial charge >= 0.3 is 19.7 Å². The maximum Gasteiger partial charge on any atom is -0.108 e. The second-order valence-electron chi connectivity index (χ2n) is 0.814. The van der Waals surface area contributed by atoms with Gasteiger partial charge in [0.05, 0.1) is 0 Å². The van der Waals surface area contributed by atoms with Gasteiger partial charge in [-0.2, -0.15) is 18.3 Å². The van der Waals surface area contributed by atoms with E-state index in [1.165, 1.54) is 0 Å². The monoisotopic (exact) mass is 139 g/mol. The van der Waals surface area contributed by atoms with Gasteiger partial charge in [-0.05, 0) is 0 Å². The minimum atomic E-state index is 1.82. The van der Waals surface area contributed by atoms with Gasteiger partial charge in [-0.25, -0.2) is 0 Å². The molecule has 42 valence electrons. The summed E-state index contributed by atoms with van der Waals surface area (Å²) in [4.78, 5) is 2.74. The molecular weight excluding hydrogens is 135 g/mol. The van der Waals surface area contributed by atoms with E-state index in [1.54, 1.807) is 0 Å². The molecule has 0 spiro atoms. The Morgan fingerprint density at radius 1 is 1.57 bits per heavy atom. The first-order valence-corrected chi connectivity index (χ1v) is 2.15. The van der Waals surface area contributed by atoms with Crippen LogP contribution in [-0.2, 0) is 15.3 Å². The zero-order valence-electron chi connectivity index (χ0n) is 3.55. The summed E-state index contributed by atoms with van der Waals surface area (Å²) >= 11 is 3.12. The van der Waals surface area contributed by atoms with Crippen molar-refractivity contribution in [2.75, 3.05) is 0 Å². The second kappa shape index (κ2) is 5.57. The van der Waals surface area contributed by atoms with E-state index >= 15 is 0 Å². The molecule has 0 aromatic carbocycles. The normalized spacial score (nSPS) is 6.57. The third-order valence-electron chi connectivity index (χ3n) is 0.442. The van der Waals surface area contributed by atoms with Crippen LogP contribution in [0.1, 0.15) is 0 Å². The van der Waals surface area contributed by atoms with E-state index in [0.29, 0.717) is 0 Å². The van der Waals surface area contributed by atoms with Gasteiger partial charge in [0, 0.05) is 0 Å². The molecule has 7 heavy (non-hydrogen) atoms. The van der Waals surface area contributed by atoms with Crippen molar-refractivity contribution in [3.05, 3.63) is 24.5 Å². The predicted octanol–water partition coefficient (Wildman–Crippen LogP) is 1.11. The van der Waals surface area contributed by atoms with Crippen LogP contribution in [0.5, 0.6) is 0 Å². The summed E-state index contributed by atoms with van der Waals surface area (Å²) < 4.78 is 5.38. The van der Waals surface area contributed by atoms with Crippen molar-refractivity contribution in [1.82, 2.24) is 4.98 Å². The van der Waals surface area contributed by atoms with Crippen molar-refractivity contribution < 1.29 is 15.3 Å². The number of rotatable bonds is 0. The van der Waals surface area contributed by atoms with Gasteiger partial charge in [-0.1, -0.05) is 0 Å². The van der Waals surface area contributed by atoms with Crippen molar-refractivity contribution in [3.63, 3.8) is 0 Å². The first-order chi connectivity index (χ1) is 3.50. The van der Waals surface area contributed by atoms with Gasteiger partial charge in [0.1, 0.15) is 0 Å². The smallest absolute Gasteiger partial charge is 0.108 e. The van der Waals surface area contributed by atoms with Crippen molar-refractivity contribution in [3.8, 4) is 0 Å². The van der Waals surface area contributed by atoms with E-state index < -0.39 is 0 Å². The van der Waals surface area contributed by atoms with Crippen LogP contribution >= 0.6 is 0 Å². The molecule has 1 heterocycles. The summed E-state index contributed by atoms with van der Waals surface area (Å²) in [5, 5.41) is 0. The first-order valence-electron chi connectivity index (χ1n) is 1.65. The van der Waals surface area contributed by atoms with Gasteiger partial charge in [-0.3, -0.25) is 0 Å². The fraction of sp³-hybridized carbons (Fsp3) is 0. The Kier molecular flexibility index (Phi) is 5.23.